The zero-order chi connectivity index (χ0) is 15.5. The van der Waals surface area contributed by atoms with Gasteiger partial charge in [0.25, 0.3) is 0 Å². The lowest BCUT2D eigenvalue weighted by molar-refractivity contribution is 0.313. The number of sulfone groups is 1. The molecular formula is C14H25N3O2S2. The molecule has 0 amide bonds. The molecule has 0 saturated heterocycles. The number of rotatable bonds is 6. The van der Waals surface area contributed by atoms with Crippen LogP contribution in [0.5, 0.6) is 0 Å². The van der Waals surface area contributed by atoms with Crippen LogP contribution >= 0.6 is 11.5 Å². The fourth-order valence-corrected chi connectivity index (χ4v) is 5.31. The summed E-state index contributed by atoms with van der Waals surface area (Å²) in [6.45, 7) is 3.78. The molecule has 1 saturated carbocycles. The summed E-state index contributed by atoms with van der Waals surface area (Å²) in [7, 11) is -3.34. The van der Waals surface area contributed by atoms with Crippen molar-refractivity contribution in [2.24, 2.45) is 5.92 Å². The molecule has 1 aliphatic carbocycles. The van der Waals surface area contributed by atoms with Crippen molar-refractivity contribution in [2.75, 3.05) is 16.8 Å². The topological polar surface area (TPSA) is 85.1 Å². The first-order chi connectivity index (χ1) is 9.99. The minimum atomic E-state index is -3.34. The summed E-state index contributed by atoms with van der Waals surface area (Å²) in [5, 5.41) is 4.04. The third kappa shape index (κ3) is 3.69. The molecule has 5 nitrogen and oxygen atoms in total. The van der Waals surface area contributed by atoms with Gasteiger partial charge < -0.3 is 11.1 Å². The number of nitrogens with zero attached hydrogens (tertiary/aromatic N) is 1. The summed E-state index contributed by atoms with van der Waals surface area (Å²) in [5.74, 6) is 0.789. The molecule has 0 aromatic carbocycles. The Bertz CT molecular complexity index is 563. The van der Waals surface area contributed by atoms with E-state index in [4.69, 9.17) is 5.73 Å². The summed E-state index contributed by atoms with van der Waals surface area (Å²) in [6, 6.07) is 0.302. The van der Waals surface area contributed by atoms with Crippen molar-refractivity contribution < 1.29 is 8.42 Å². The van der Waals surface area contributed by atoms with E-state index in [1.165, 1.54) is 32.1 Å². The maximum absolute atomic E-state index is 12.2. The van der Waals surface area contributed by atoms with Gasteiger partial charge in [-0.3, -0.25) is 0 Å². The van der Waals surface area contributed by atoms with E-state index in [1.54, 1.807) is 6.92 Å². The molecule has 3 N–H and O–H groups in total. The standard InChI is InChI=1S/C14H25N3O2S2/c1-3-11(10-8-6-5-7-9-10)16-14-12(13(15)17-20-14)21(18,19)4-2/h10-11,16H,3-9H2,1-2H3,(H2,15,17). The van der Waals surface area contributed by atoms with Gasteiger partial charge in [0.2, 0.25) is 0 Å². The van der Waals surface area contributed by atoms with Crippen LogP contribution in [0.15, 0.2) is 4.90 Å². The number of anilines is 2. The molecule has 0 spiro atoms. The van der Waals surface area contributed by atoms with Crippen LogP contribution in [0.3, 0.4) is 0 Å². The van der Waals surface area contributed by atoms with Gasteiger partial charge in [0, 0.05) is 6.04 Å². The Morgan fingerprint density at radius 1 is 1.33 bits per heavy atom. The first kappa shape index (κ1) is 16.5. The second kappa shape index (κ2) is 6.96. The van der Waals surface area contributed by atoms with Gasteiger partial charge in [-0.2, -0.15) is 4.37 Å². The molecule has 120 valence electrons. The first-order valence-corrected chi connectivity index (χ1v) is 10.2. The Labute approximate surface area is 131 Å². The van der Waals surface area contributed by atoms with Crippen LogP contribution in [-0.2, 0) is 9.84 Å². The highest BCUT2D eigenvalue weighted by atomic mass is 32.2. The maximum atomic E-state index is 12.2. The van der Waals surface area contributed by atoms with E-state index >= 15 is 0 Å². The number of nitrogen functional groups attached to an aromatic ring is 1. The van der Waals surface area contributed by atoms with Crippen molar-refractivity contribution >= 4 is 32.2 Å². The largest absolute Gasteiger partial charge is 0.382 e. The molecule has 1 aromatic heterocycles. The fourth-order valence-electron chi connectivity index (χ4n) is 3.09. The highest BCUT2D eigenvalue weighted by molar-refractivity contribution is 7.91. The summed E-state index contributed by atoms with van der Waals surface area (Å²) in [4.78, 5) is 0.198. The number of hydrogen-bond acceptors (Lipinski definition) is 6. The maximum Gasteiger partial charge on any atom is 0.184 e. The van der Waals surface area contributed by atoms with Crippen LogP contribution in [0, 0.1) is 5.92 Å². The monoisotopic (exact) mass is 331 g/mol. The Morgan fingerprint density at radius 3 is 2.57 bits per heavy atom. The molecule has 1 aromatic rings. The molecule has 1 fully saturated rings. The molecule has 1 aliphatic rings. The average Bonchev–Trinajstić information content (AvgIpc) is 2.87. The van der Waals surface area contributed by atoms with Crippen LogP contribution < -0.4 is 11.1 Å². The quantitative estimate of drug-likeness (QED) is 0.835. The van der Waals surface area contributed by atoms with Crippen molar-refractivity contribution in [3.05, 3.63) is 0 Å². The van der Waals surface area contributed by atoms with E-state index in [2.05, 4.69) is 16.6 Å². The van der Waals surface area contributed by atoms with Gasteiger partial charge in [-0.1, -0.05) is 33.1 Å². The van der Waals surface area contributed by atoms with Crippen molar-refractivity contribution in [1.82, 2.24) is 4.37 Å². The fraction of sp³-hybridized carbons (Fsp3) is 0.786. The Hall–Kier alpha value is -0.820. The van der Waals surface area contributed by atoms with Gasteiger partial charge in [-0.05, 0) is 36.7 Å². The third-order valence-corrected chi connectivity index (χ3v) is 7.06. The highest BCUT2D eigenvalue weighted by Gasteiger charge is 2.28. The van der Waals surface area contributed by atoms with Crippen LogP contribution in [0.25, 0.3) is 0 Å². The van der Waals surface area contributed by atoms with E-state index in [0.29, 0.717) is 17.0 Å². The van der Waals surface area contributed by atoms with Crippen molar-refractivity contribution in [1.29, 1.82) is 0 Å². The Kier molecular flexibility index (Phi) is 5.48. The predicted molar refractivity (Wildman–Crippen MR) is 88.5 cm³/mol. The Morgan fingerprint density at radius 2 is 2.00 bits per heavy atom. The van der Waals surface area contributed by atoms with E-state index in [9.17, 15) is 8.42 Å². The van der Waals surface area contributed by atoms with E-state index in [0.717, 1.165) is 18.0 Å². The smallest absolute Gasteiger partial charge is 0.184 e. The van der Waals surface area contributed by atoms with Gasteiger partial charge in [0.05, 0.1) is 5.75 Å². The van der Waals surface area contributed by atoms with E-state index in [-0.39, 0.29) is 16.5 Å². The summed E-state index contributed by atoms with van der Waals surface area (Å²) >= 11 is 1.16. The van der Waals surface area contributed by atoms with Crippen molar-refractivity contribution in [3.8, 4) is 0 Å². The van der Waals surface area contributed by atoms with Gasteiger partial charge >= 0.3 is 0 Å². The van der Waals surface area contributed by atoms with Crippen molar-refractivity contribution in [2.45, 2.75) is 63.3 Å². The third-order valence-electron chi connectivity index (χ3n) is 4.34. The molecule has 1 atom stereocenters. The molecule has 2 rings (SSSR count). The molecule has 1 heterocycles. The van der Waals surface area contributed by atoms with Crippen LogP contribution in [0.2, 0.25) is 0 Å². The predicted octanol–water partition coefficient (Wildman–Crippen LogP) is 3.29. The van der Waals surface area contributed by atoms with Gasteiger partial charge in [-0.15, -0.1) is 0 Å². The lowest BCUT2D eigenvalue weighted by atomic mass is 9.83. The lowest BCUT2D eigenvalue weighted by Crippen LogP contribution is -2.30. The first-order valence-electron chi connectivity index (χ1n) is 7.74. The van der Waals surface area contributed by atoms with Gasteiger partial charge in [0.15, 0.2) is 15.7 Å². The molecule has 0 bridgehead atoms. The van der Waals surface area contributed by atoms with Gasteiger partial charge in [-0.25, -0.2) is 8.42 Å². The summed E-state index contributed by atoms with van der Waals surface area (Å²) in [5.41, 5.74) is 5.78. The van der Waals surface area contributed by atoms with Crippen molar-refractivity contribution in [3.63, 3.8) is 0 Å². The molecule has 7 heteroatoms. The van der Waals surface area contributed by atoms with Crippen LogP contribution in [-0.4, -0.2) is 24.6 Å². The van der Waals surface area contributed by atoms with E-state index < -0.39 is 9.84 Å². The highest BCUT2D eigenvalue weighted by Crippen LogP contribution is 2.36. The second-order valence-electron chi connectivity index (χ2n) is 5.69. The van der Waals surface area contributed by atoms with E-state index in [1.807, 2.05) is 0 Å². The number of aromatic nitrogens is 1. The number of nitrogens with one attached hydrogen (secondary N) is 1. The van der Waals surface area contributed by atoms with Crippen LogP contribution in [0.1, 0.15) is 52.4 Å². The zero-order valence-corrected chi connectivity index (χ0v) is 14.4. The molecule has 0 radical (unpaired) electrons. The SMILES string of the molecule is CCC(Nc1snc(N)c1S(=O)(=O)CC)C1CCCCC1. The lowest BCUT2D eigenvalue weighted by Gasteiger charge is -2.30. The second-order valence-corrected chi connectivity index (χ2v) is 8.68. The average molecular weight is 332 g/mol. The molecule has 21 heavy (non-hydrogen) atoms. The minimum absolute atomic E-state index is 0.0461. The van der Waals surface area contributed by atoms with Crippen LogP contribution in [0.4, 0.5) is 10.8 Å². The Balaban J connectivity index is 2.22. The number of hydrogen-bond donors (Lipinski definition) is 2. The zero-order valence-electron chi connectivity index (χ0n) is 12.8. The minimum Gasteiger partial charge on any atom is -0.382 e. The molecule has 1 unspecified atom stereocenters. The number of nitrogens with two attached hydrogens (primary N) is 1. The molecular weight excluding hydrogens is 306 g/mol. The molecule has 0 aliphatic heterocycles. The summed E-state index contributed by atoms with van der Waals surface area (Å²) in [6.07, 6.45) is 7.27. The van der Waals surface area contributed by atoms with Gasteiger partial charge in [0.1, 0.15) is 9.90 Å². The normalized spacial score (nSPS) is 18.6. The summed E-state index contributed by atoms with van der Waals surface area (Å²) < 4.78 is 28.4.